The second kappa shape index (κ2) is 11.0. The zero-order valence-electron chi connectivity index (χ0n) is 18.2. The summed E-state index contributed by atoms with van der Waals surface area (Å²) < 4.78 is 0. The van der Waals surface area contributed by atoms with Crippen molar-refractivity contribution in [3.63, 3.8) is 0 Å². The number of allylic oxidation sites excluding steroid dienone is 3. The number of rotatable bonds is 9. The average Bonchev–Trinajstić information content (AvgIpc) is 3.26. The zero-order chi connectivity index (χ0) is 23.8. The maximum atomic E-state index is 12.3. The number of hydrogen-bond acceptors (Lipinski definition) is 6. The SMILES string of the molecule is N=C(C(=O)C=C[NH2+]c1cccc(Sc2nc3ccccc3[nH]2)c1)C(N)=CC=Nc1ccccc1. The molecule has 7 nitrogen and oxygen atoms in total. The smallest absolute Gasteiger partial charge is 0.210 e. The second-order valence-corrected chi connectivity index (χ2v) is 8.30. The van der Waals surface area contributed by atoms with E-state index in [1.807, 2.05) is 84.2 Å². The number of ketones is 1. The Balaban J connectivity index is 1.33. The van der Waals surface area contributed by atoms with Crippen LogP contribution < -0.4 is 11.1 Å². The Kier molecular flexibility index (Phi) is 7.44. The second-order valence-electron chi connectivity index (χ2n) is 7.23. The van der Waals surface area contributed by atoms with Gasteiger partial charge in [0, 0.05) is 23.3 Å². The molecular weight excluding hydrogens is 444 g/mol. The molecule has 0 saturated heterocycles. The molecule has 34 heavy (non-hydrogen) atoms. The number of imidazole rings is 1. The number of nitrogens with two attached hydrogens (primary N) is 2. The molecule has 168 valence electrons. The van der Waals surface area contributed by atoms with Gasteiger partial charge in [-0.2, -0.15) is 0 Å². The van der Waals surface area contributed by atoms with Crippen molar-refractivity contribution in [1.82, 2.24) is 9.97 Å². The summed E-state index contributed by atoms with van der Waals surface area (Å²) in [6.45, 7) is 0. The van der Waals surface area contributed by atoms with Crippen LogP contribution in [0.15, 0.2) is 118 Å². The highest BCUT2D eigenvalue weighted by Crippen LogP contribution is 2.28. The fourth-order valence-corrected chi connectivity index (χ4v) is 3.91. The van der Waals surface area contributed by atoms with E-state index in [1.165, 1.54) is 30.1 Å². The predicted octanol–water partition coefficient (Wildman–Crippen LogP) is 4.26. The molecule has 1 heterocycles. The lowest BCUT2D eigenvalue weighted by Crippen LogP contribution is -2.71. The minimum Gasteiger partial charge on any atom is -0.397 e. The number of benzene rings is 3. The van der Waals surface area contributed by atoms with E-state index in [-0.39, 0.29) is 11.4 Å². The molecule has 0 aliphatic carbocycles. The van der Waals surface area contributed by atoms with Gasteiger partial charge in [-0.3, -0.25) is 20.5 Å². The molecule has 1 aromatic heterocycles. The summed E-state index contributed by atoms with van der Waals surface area (Å²) in [5, 5.41) is 10.6. The van der Waals surface area contributed by atoms with Gasteiger partial charge in [-0.05, 0) is 42.5 Å². The number of aromatic amines is 1. The van der Waals surface area contributed by atoms with Crippen molar-refractivity contribution in [2.24, 2.45) is 10.7 Å². The number of nitrogens with zero attached hydrogens (tertiary/aromatic N) is 2. The molecule has 0 saturated carbocycles. The molecule has 0 aliphatic rings. The van der Waals surface area contributed by atoms with Gasteiger partial charge in [0.05, 0.1) is 22.4 Å². The first-order valence-electron chi connectivity index (χ1n) is 10.5. The molecule has 0 radical (unpaired) electrons. The number of para-hydroxylation sites is 3. The Morgan fingerprint density at radius 1 is 1.06 bits per heavy atom. The van der Waals surface area contributed by atoms with Crippen LogP contribution >= 0.6 is 11.8 Å². The number of carbonyl (C=O) groups is 1. The first-order valence-corrected chi connectivity index (χ1v) is 11.3. The Morgan fingerprint density at radius 3 is 2.68 bits per heavy atom. The highest BCUT2D eigenvalue weighted by atomic mass is 32.2. The Bertz CT molecular complexity index is 1370. The summed E-state index contributed by atoms with van der Waals surface area (Å²) >= 11 is 1.53. The van der Waals surface area contributed by atoms with Crippen molar-refractivity contribution in [2.45, 2.75) is 10.1 Å². The van der Waals surface area contributed by atoms with Gasteiger partial charge in [-0.15, -0.1) is 0 Å². The minimum atomic E-state index is -0.481. The third kappa shape index (κ3) is 6.16. The lowest BCUT2D eigenvalue weighted by atomic mass is 10.2. The highest BCUT2D eigenvalue weighted by Gasteiger charge is 2.09. The number of H-pyrrole nitrogens is 1. The predicted molar refractivity (Wildman–Crippen MR) is 137 cm³/mol. The number of nitrogens with one attached hydrogen (secondary N) is 2. The summed E-state index contributed by atoms with van der Waals surface area (Å²) in [5.74, 6) is -0.481. The molecule has 0 spiro atoms. The Labute approximate surface area is 201 Å². The van der Waals surface area contributed by atoms with Crippen LogP contribution in [0.25, 0.3) is 11.0 Å². The Hall–Kier alpha value is -4.27. The molecule has 4 aromatic rings. The van der Waals surface area contributed by atoms with E-state index in [2.05, 4.69) is 15.0 Å². The van der Waals surface area contributed by atoms with E-state index in [0.29, 0.717) is 0 Å². The molecule has 6 N–H and O–H groups in total. The minimum absolute atomic E-state index is 0.0542. The molecular formula is C26H23N6OS+. The van der Waals surface area contributed by atoms with Crippen molar-refractivity contribution in [1.29, 1.82) is 5.41 Å². The van der Waals surface area contributed by atoms with Crippen molar-refractivity contribution < 1.29 is 10.1 Å². The largest absolute Gasteiger partial charge is 0.397 e. The zero-order valence-corrected chi connectivity index (χ0v) is 19.0. The van der Waals surface area contributed by atoms with E-state index < -0.39 is 5.78 Å². The summed E-state index contributed by atoms with van der Waals surface area (Å²) in [7, 11) is 0. The number of fused-ring (bicyclic) bond motifs is 1. The van der Waals surface area contributed by atoms with Gasteiger partial charge in [0.25, 0.3) is 0 Å². The standard InChI is InChI=1S/C26H22N6OS/c27-21(13-15-29-18-7-2-1-3-8-18)25(28)24(33)14-16-30-19-9-6-10-20(17-19)34-26-31-22-11-4-5-12-23(22)32-26/h1-17,28,30H,27H2,(H,31,32)/p+1. The molecule has 0 amide bonds. The van der Waals surface area contributed by atoms with Crippen LogP contribution in [0.5, 0.6) is 0 Å². The fourth-order valence-electron chi connectivity index (χ4n) is 3.04. The van der Waals surface area contributed by atoms with Crippen LogP contribution in [0.4, 0.5) is 11.4 Å². The number of aliphatic imine (C=N–C) groups is 1. The van der Waals surface area contributed by atoms with Gasteiger partial charge in [0.1, 0.15) is 17.6 Å². The van der Waals surface area contributed by atoms with Crippen LogP contribution in [0.2, 0.25) is 0 Å². The van der Waals surface area contributed by atoms with Crippen LogP contribution in [0, 0.1) is 5.41 Å². The van der Waals surface area contributed by atoms with Gasteiger partial charge in [-0.25, -0.2) is 4.98 Å². The quantitative estimate of drug-likeness (QED) is 0.167. The first-order chi connectivity index (χ1) is 16.6. The Morgan fingerprint density at radius 2 is 1.85 bits per heavy atom. The van der Waals surface area contributed by atoms with Crippen LogP contribution in [0.1, 0.15) is 0 Å². The maximum absolute atomic E-state index is 12.3. The number of quaternary nitrogens is 1. The molecule has 8 heteroatoms. The normalized spacial score (nSPS) is 12.1. The van der Waals surface area contributed by atoms with Gasteiger partial charge in [0.2, 0.25) is 5.78 Å². The molecule has 0 aliphatic heterocycles. The third-order valence-corrected chi connectivity index (χ3v) is 5.62. The lowest BCUT2D eigenvalue weighted by Gasteiger charge is -2.00. The van der Waals surface area contributed by atoms with Gasteiger partial charge in [-0.1, -0.05) is 48.2 Å². The van der Waals surface area contributed by atoms with E-state index in [1.54, 1.807) is 6.20 Å². The number of carbonyl (C=O) groups excluding carboxylic acids is 1. The monoisotopic (exact) mass is 467 g/mol. The molecule has 0 unspecified atom stereocenters. The summed E-state index contributed by atoms with van der Waals surface area (Å²) in [6.07, 6.45) is 5.88. The summed E-state index contributed by atoms with van der Waals surface area (Å²) in [5.41, 5.74) is 9.24. The van der Waals surface area contributed by atoms with E-state index >= 15 is 0 Å². The first kappa shape index (κ1) is 22.9. The van der Waals surface area contributed by atoms with Crippen molar-refractivity contribution in [3.8, 4) is 0 Å². The van der Waals surface area contributed by atoms with Crippen molar-refractivity contribution >= 4 is 51.9 Å². The maximum Gasteiger partial charge on any atom is 0.210 e. The highest BCUT2D eigenvalue weighted by molar-refractivity contribution is 7.99. The molecule has 3 aromatic carbocycles. The summed E-state index contributed by atoms with van der Waals surface area (Å²) in [6, 6.07) is 25.1. The van der Waals surface area contributed by atoms with E-state index in [4.69, 9.17) is 11.1 Å². The van der Waals surface area contributed by atoms with Crippen LogP contribution in [-0.2, 0) is 4.79 Å². The van der Waals surface area contributed by atoms with Gasteiger partial charge in [0.15, 0.2) is 5.16 Å². The van der Waals surface area contributed by atoms with Crippen molar-refractivity contribution in [2.75, 3.05) is 0 Å². The lowest BCUT2D eigenvalue weighted by molar-refractivity contribution is -0.496. The topological polar surface area (TPSA) is 125 Å². The van der Waals surface area contributed by atoms with Crippen molar-refractivity contribution in [3.05, 3.63) is 103 Å². The third-order valence-electron chi connectivity index (χ3n) is 4.75. The fraction of sp³-hybridized carbons (Fsp3) is 0. The van der Waals surface area contributed by atoms with Crippen LogP contribution in [-0.4, -0.2) is 27.7 Å². The van der Waals surface area contributed by atoms with E-state index in [0.717, 1.165) is 32.5 Å². The van der Waals surface area contributed by atoms with Gasteiger partial charge < -0.3 is 10.7 Å². The molecule has 0 atom stereocenters. The van der Waals surface area contributed by atoms with E-state index in [9.17, 15) is 4.79 Å². The number of aromatic nitrogens is 2. The molecule has 0 fully saturated rings. The molecule has 0 bridgehead atoms. The van der Waals surface area contributed by atoms with Crippen LogP contribution in [0.3, 0.4) is 0 Å². The average molecular weight is 468 g/mol. The molecule has 4 rings (SSSR count). The summed E-state index contributed by atoms with van der Waals surface area (Å²) in [4.78, 5) is 25.4. The number of hydrogen-bond donors (Lipinski definition) is 4. The van der Waals surface area contributed by atoms with Gasteiger partial charge >= 0.3 is 0 Å².